The van der Waals surface area contributed by atoms with E-state index in [2.05, 4.69) is 29.4 Å². The number of halogens is 1. The van der Waals surface area contributed by atoms with Crippen molar-refractivity contribution in [3.05, 3.63) is 52.2 Å². The van der Waals surface area contributed by atoms with Gasteiger partial charge in [-0.05, 0) is 55.1 Å². The second kappa shape index (κ2) is 6.46. The Morgan fingerprint density at radius 3 is 2.90 bits per heavy atom. The third-order valence-electron chi connectivity index (χ3n) is 3.73. The smallest absolute Gasteiger partial charge is 0.219 e. The van der Waals surface area contributed by atoms with E-state index >= 15 is 0 Å². The standard InChI is InChI=1S/C17H19ClN2O/c1-2-19-11-16-15(18)8-9-17(20-16)21-14-7-6-12-4-3-5-13(12)10-14/h6-10,19H,2-5,11H2,1H3. The SMILES string of the molecule is CCNCc1nc(Oc2ccc3c(c2)CCC3)ccc1Cl. The minimum absolute atomic E-state index is 0.588. The number of nitrogens with one attached hydrogen (secondary N) is 1. The number of ether oxygens (including phenoxy) is 1. The molecule has 1 aliphatic carbocycles. The lowest BCUT2D eigenvalue weighted by molar-refractivity contribution is 0.459. The zero-order chi connectivity index (χ0) is 14.7. The second-order valence-corrected chi connectivity index (χ2v) is 5.65. The molecule has 1 heterocycles. The Morgan fingerprint density at radius 1 is 1.19 bits per heavy atom. The topological polar surface area (TPSA) is 34.2 Å². The molecule has 1 N–H and O–H groups in total. The Kier molecular flexibility index (Phi) is 4.42. The van der Waals surface area contributed by atoms with Crippen molar-refractivity contribution in [3.8, 4) is 11.6 Å². The molecule has 4 heteroatoms. The van der Waals surface area contributed by atoms with Crippen molar-refractivity contribution in [3.63, 3.8) is 0 Å². The van der Waals surface area contributed by atoms with Crippen LogP contribution in [-0.2, 0) is 19.4 Å². The van der Waals surface area contributed by atoms with Gasteiger partial charge in [-0.2, -0.15) is 0 Å². The third-order valence-corrected chi connectivity index (χ3v) is 4.07. The van der Waals surface area contributed by atoms with Crippen LogP contribution in [0.15, 0.2) is 30.3 Å². The molecule has 1 aromatic heterocycles. The summed E-state index contributed by atoms with van der Waals surface area (Å²) in [7, 11) is 0. The van der Waals surface area contributed by atoms with Gasteiger partial charge in [-0.15, -0.1) is 0 Å². The van der Waals surface area contributed by atoms with Gasteiger partial charge in [0, 0.05) is 12.6 Å². The molecule has 0 saturated carbocycles. The molecule has 3 rings (SSSR count). The molecular weight excluding hydrogens is 284 g/mol. The molecule has 2 aromatic rings. The van der Waals surface area contributed by atoms with Crippen molar-refractivity contribution < 1.29 is 4.74 Å². The van der Waals surface area contributed by atoms with Gasteiger partial charge in [0.1, 0.15) is 5.75 Å². The monoisotopic (exact) mass is 302 g/mol. The molecule has 0 saturated heterocycles. The Balaban J connectivity index is 1.78. The molecule has 0 radical (unpaired) electrons. The molecule has 0 aliphatic heterocycles. The van der Waals surface area contributed by atoms with Crippen molar-refractivity contribution in [2.24, 2.45) is 0 Å². The van der Waals surface area contributed by atoms with E-state index < -0.39 is 0 Å². The average molecular weight is 303 g/mol. The molecule has 21 heavy (non-hydrogen) atoms. The van der Waals surface area contributed by atoms with Gasteiger partial charge in [-0.25, -0.2) is 4.98 Å². The average Bonchev–Trinajstić information content (AvgIpc) is 2.95. The van der Waals surface area contributed by atoms with Crippen LogP contribution in [0.5, 0.6) is 11.6 Å². The fraction of sp³-hybridized carbons (Fsp3) is 0.353. The number of rotatable bonds is 5. The van der Waals surface area contributed by atoms with Crippen LogP contribution in [0.2, 0.25) is 5.02 Å². The highest BCUT2D eigenvalue weighted by Crippen LogP contribution is 2.29. The number of hydrogen-bond acceptors (Lipinski definition) is 3. The predicted octanol–water partition coefficient (Wildman–Crippen LogP) is 4.13. The minimum atomic E-state index is 0.588. The van der Waals surface area contributed by atoms with E-state index in [1.165, 1.54) is 24.0 Å². The number of aromatic nitrogens is 1. The number of nitrogens with zero attached hydrogens (tertiary/aromatic N) is 1. The Morgan fingerprint density at radius 2 is 2.05 bits per heavy atom. The Hall–Kier alpha value is -1.58. The second-order valence-electron chi connectivity index (χ2n) is 5.24. The van der Waals surface area contributed by atoms with Gasteiger partial charge in [-0.3, -0.25) is 0 Å². The van der Waals surface area contributed by atoms with Crippen molar-refractivity contribution in [2.45, 2.75) is 32.7 Å². The van der Waals surface area contributed by atoms with Gasteiger partial charge in [-0.1, -0.05) is 24.6 Å². The number of hydrogen-bond donors (Lipinski definition) is 1. The van der Waals surface area contributed by atoms with E-state index in [0.29, 0.717) is 17.4 Å². The highest BCUT2D eigenvalue weighted by atomic mass is 35.5. The van der Waals surface area contributed by atoms with Crippen LogP contribution in [0.25, 0.3) is 0 Å². The molecule has 1 aromatic carbocycles. The highest BCUT2D eigenvalue weighted by Gasteiger charge is 2.12. The maximum Gasteiger partial charge on any atom is 0.219 e. The zero-order valence-corrected chi connectivity index (χ0v) is 12.9. The van der Waals surface area contributed by atoms with Gasteiger partial charge in [0.2, 0.25) is 5.88 Å². The maximum absolute atomic E-state index is 6.15. The molecule has 0 amide bonds. The van der Waals surface area contributed by atoms with Crippen LogP contribution in [0.3, 0.4) is 0 Å². The molecule has 0 spiro atoms. The molecule has 0 atom stereocenters. The van der Waals surface area contributed by atoms with Gasteiger partial charge in [0.15, 0.2) is 0 Å². The summed E-state index contributed by atoms with van der Waals surface area (Å²) in [5.41, 5.74) is 3.66. The van der Waals surface area contributed by atoms with E-state index in [4.69, 9.17) is 16.3 Å². The van der Waals surface area contributed by atoms with Gasteiger partial charge < -0.3 is 10.1 Å². The summed E-state index contributed by atoms with van der Waals surface area (Å²) in [4.78, 5) is 4.48. The van der Waals surface area contributed by atoms with Crippen LogP contribution in [0.4, 0.5) is 0 Å². The van der Waals surface area contributed by atoms with Crippen LogP contribution in [-0.4, -0.2) is 11.5 Å². The summed E-state index contributed by atoms with van der Waals surface area (Å²) in [5.74, 6) is 1.44. The summed E-state index contributed by atoms with van der Waals surface area (Å²) in [5, 5.41) is 3.89. The van der Waals surface area contributed by atoms with E-state index in [1.807, 2.05) is 18.2 Å². The first kappa shape index (κ1) is 14.4. The fourth-order valence-electron chi connectivity index (χ4n) is 2.62. The van der Waals surface area contributed by atoms with Crippen LogP contribution in [0.1, 0.15) is 30.2 Å². The lowest BCUT2D eigenvalue weighted by Gasteiger charge is -2.10. The van der Waals surface area contributed by atoms with E-state index in [0.717, 1.165) is 24.4 Å². The quantitative estimate of drug-likeness (QED) is 0.902. The number of fused-ring (bicyclic) bond motifs is 1. The summed E-state index contributed by atoms with van der Waals surface area (Å²) in [6.45, 7) is 3.59. The van der Waals surface area contributed by atoms with Crippen LogP contribution >= 0.6 is 11.6 Å². The largest absolute Gasteiger partial charge is 0.439 e. The minimum Gasteiger partial charge on any atom is -0.439 e. The van der Waals surface area contributed by atoms with E-state index in [-0.39, 0.29) is 0 Å². The third kappa shape index (κ3) is 3.36. The van der Waals surface area contributed by atoms with Crippen molar-refractivity contribution in [2.75, 3.05) is 6.54 Å². The summed E-state index contributed by atoms with van der Waals surface area (Å²) in [6, 6.07) is 9.95. The Labute approximate surface area is 130 Å². The lowest BCUT2D eigenvalue weighted by Crippen LogP contribution is -2.13. The first-order valence-electron chi connectivity index (χ1n) is 7.42. The maximum atomic E-state index is 6.15. The first-order chi connectivity index (χ1) is 10.3. The molecular formula is C17H19ClN2O. The molecule has 0 fully saturated rings. The number of aryl methyl sites for hydroxylation is 2. The van der Waals surface area contributed by atoms with E-state index in [1.54, 1.807) is 0 Å². The lowest BCUT2D eigenvalue weighted by atomic mass is 10.1. The van der Waals surface area contributed by atoms with Gasteiger partial charge in [0.25, 0.3) is 0 Å². The van der Waals surface area contributed by atoms with Crippen molar-refractivity contribution >= 4 is 11.6 Å². The fourth-order valence-corrected chi connectivity index (χ4v) is 2.79. The molecule has 3 nitrogen and oxygen atoms in total. The number of benzene rings is 1. The normalized spacial score (nSPS) is 13.2. The van der Waals surface area contributed by atoms with Crippen molar-refractivity contribution in [1.29, 1.82) is 0 Å². The van der Waals surface area contributed by atoms with Crippen LogP contribution < -0.4 is 10.1 Å². The zero-order valence-electron chi connectivity index (χ0n) is 12.2. The summed E-state index contributed by atoms with van der Waals surface area (Å²) in [6.07, 6.45) is 3.57. The Bertz CT molecular complexity index is 643. The highest BCUT2D eigenvalue weighted by molar-refractivity contribution is 6.31. The molecule has 1 aliphatic rings. The van der Waals surface area contributed by atoms with E-state index in [9.17, 15) is 0 Å². The van der Waals surface area contributed by atoms with Gasteiger partial charge in [0.05, 0.1) is 10.7 Å². The predicted molar refractivity (Wildman–Crippen MR) is 85.2 cm³/mol. The first-order valence-corrected chi connectivity index (χ1v) is 7.80. The summed E-state index contributed by atoms with van der Waals surface area (Å²) < 4.78 is 5.88. The molecule has 110 valence electrons. The molecule has 0 bridgehead atoms. The molecule has 0 unspecified atom stereocenters. The van der Waals surface area contributed by atoms with Crippen LogP contribution in [0, 0.1) is 0 Å². The van der Waals surface area contributed by atoms with Gasteiger partial charge >= 0.3 is 0 Å². The summed E-state index contributed by atoms with van der Waals surface area (Å²) >= 11 is 6.15. The number of pyridine rings is 1. The van der Waals surface area contributed by atoms with Crippen molar-refractivity contribution in [1.82, 2.24) is 10.3 Å².